The highest BCUT2D eigenvalue weighted by atomic mass is 32.1. The molecule has 1 aromatic carbocycles. The van der Waals surface area contributed by atoms with Crippen LogP contribution in [-0.2, 0) is 22.7 Å². The molecule has 2 aliphatic rings. The SMILES string of the molecule is C=C(C)c1ccc(OCc2scc3c2CN(C2CCC(=O)N(C)C2=O)C3=O)cc1. The second-order valence-electron chi connectivity index (χ2n) is 7.42. The summed E-state index contributed by atoms with van der Waals surface area (Å²) in [5.74, 6) is 0.105. The first kappa shape index (κ1) is 19.4. The van der Waals surface area contributed by atoms with E-state index in [-0.39, 0.29) is 24.1 Å². The van der Waals surface area contributed by atoms with Gasteiger partial charge < -0.3 is 9.64 Å². The van der Waals surface area contributed by atoms with Crippen molar-refractivity contribution in [1.29, 1.82) is 0 Å². The van der Waals surface area contributed by atoms with Crippen LogP contribution in [0.5, 0.6) is 5.75 Å². The van der Waals surface area contributed by atoms with E-state index in [9.17, 15) is 14.4 Å². The van der Waals surface area contributed by atoms with Crippen LogP contribution in [0.2, 0.25) is 0 Å². The fourth-order valence-corrected chi connectivity index (χ4v) is 4.66. The number of likely N-dealkylation sites (tertiary alicyclic amines) is 1. The minimum absolute atomic E-state index is 0.144. The highest BCUT2D eigenvalue weighted by Crippen LogP contribution is 2.35. The van der Waals surface area contributed by atoms with E-state index in [0.717, 1.165) is 32.2 Å². The molecule has 2 aliphatic heterocycles. The van der Waals surface area contributed by atoms with Crippen LogP contribution < -0.4 is 4.74 Å². The van der Waals surface area contributed by atoms with Gasteiger partial charge in [0.25, 0.3) is 11.8 Å². The molecule has 3 heterocycles. The van der Waals surface area contributed by atoms with Crippen LogP contribution in [-0.4, -0.2) is 40.6 Å². The molecule has 1 fully saturated rings. The molecule has 3 amide bonds. The first-order valence-corrected chi connectivity index (χ1v) is 10.3. The number of carbonyl (C=O) groups is 3. The predicted octanol–water partition coefficient (Wildman–Crippen LogP) is 3.46. The van der Waals surface area contributed by atoms with Gasteiger partial charge in [-0.3, -0.25) is 19.3 Å². The van der Waals surface area contributed by atoms with Crippen molar-refractivity contribution < 1.29 is 19.1 Å². The second kappa shape index (κ2) is 7.48. The lowest BCUT2D eigenvalue weighted by Crippen LogP contribution is -2.53. The zero-order chi connectivity index (χ0) is 20.7. The van der Waals surface area contributed by atoms with Crippen LogP contribution in [0.15, 0.2) is 36.2 Å². The molecule has 29 heavy (non-hydrogen) atoms. The predicted molar refractivity (Wildman–Crippen MR) is 110 cm³/mol. The summed E-state index contributed by atoms with van der Waals surface area (Å²) in [6.45, 7) is 6.63. The number of fused-ring (bicyclic) bond motifs is 1. The number of hydrogen-bond donors (Lipinski definition) is 0. The maximum Gasteiger partial charge on any atom is 0.256 e. The Morgan fingerprint density at radius 1 is 1.24 bits per heavy atom. The lowest BCUT2D eigenvalue weighted by molar-refractivity contribution is -0.150. The molecule has 1 aromatic heterocycles. The van der Waals surface area contributed by atoms with Gasteiger partial charge in [-0.05, 0) is 31.0 Å². The fourth-order valence-electron chi connectivity index (χ4n) is 3.72. The maximum atomic E-state index is 12.8. The number of imide groups is 1. The van der Waals surface area contributed by atoms with E-state index in [0.29, 0.717) is 25.1 Å². The molecule has 150 valence electrons. The lowest BCUT2D eigenvalue weighted by atomic mass is 10.0. The summed E-state index contributed by atoms with van der Waals surface area (Å²) in [5.41, 5.74) is 3.62. The first-order valence-electron chi connectivity index (χ1n) is 9.46. The Hall–Kier alpha value is -2.93. The Balaban J connectivity index is 1.46. The van der Waals surface area contributed by atoms with Gasteiger partial charge in [-0.15, -0.1) is 11.3 Å². The van der Waals surface area contributed by atoms with Crippen LogP contribution in [0, 0.1) is 0 Å². The van der Waals surface area contributed by atoms with Crippen molar-refractivity contribution in [2.45, 2.75) is 39.0 Å². The topological polar surface area (TPSA) is 66.9 Å². The highest BCUT2D eigenvalue weighted by Gasteiger charge is 2.42. The molecule has 1 unspecified atom stereocenters. The summed E-state index contributed by atoms with van der Waals surface area (Å²) in [5, 5.41) is 1.84. The van der Waals surface area contributed by atoms with Gasteiger partial charge in [0, 0.05) is 35.8 Å². The van der Waals surface area contributed by atoms with E-state index in [4.69, 9.17) is 4.74 Å². The minimum atomic E-state index is -0.578. The number of benzene rings is 1. The van der Waals surface area contributed by atoms with Crippen molar-refractivity contribution in [3.8, 4) is 5.75 Å². The monoisotopic (exact) mass is 410 g/mol. The van der Waals surface area contributed by atoms with Gasteiger partial charge in [0.15, 0.2) is 0 Å². The Bertz CT molecular complexity index is 1010. The summed E-state index contributed by atoms with van der Waals surface area (Å²) >= 11 is 1.50. The summed E-state index contributed by atoms with van der Waals surface area (Å²) in [4.78, 5) is 40.8. The zero-order valence-electron chi connectivity index (χ0n) is 16.4. The van der Waals surface area contributed by atoms with E-state index in [1.165, 1.54) is 18.4 Å². The molecule has 0 radical (unpaired) electrons. The first-order chi connectivity index (χ1) is 13.9. The van der Waals surface area contributed by atoms with Crippen molar-refractivity contribution in [1.82, 2.24) is 9.80 Å². The average molecular weight is 410 g/mol. The Morgan fingerprint density at radius 2 is 1.97 bits per heavy atom. The Kier molecular flexibility index (Phi) is 5.00. The molecule has 0 bridgehead atoms. The number of allylic oxidation sites excluding steroid dienone is 1. The summed E-state index contributed by atoms with van der Waals surface area (Å²) in [6, 6.07) is 7.17. The van der Waals surface area contributed by atoms with Crippen LogP contribution in [0.25, 0.3) is 5.57 Å². The molecule has 0 spiro atoms. The quantitative estimate of drug-likeness (QED) is 0.708. The summed E-state index contributed by atoms with van der Waals surface area (Å²) < 4.78 is 5.91. The second-order valence-corrected chi connectivity index (χ2v) is 8.39. The number of piperidine rings is 1. The molecule has 0 N–H and O–H groups in total. The van der Waals surface area contributed by atoms with Gasteiger partial charge in [-0.25, -0.2) is 0 Å². The Morgan fingerprint density at radius 3 is 2.66 bits per heavy atom. The van der Waals surface area contributed by atoms with Gasteiger partial charge in [0.1, 0.15) is 18.4 Å². The molecular formula is C22H22N2O4S. The lowest BCUT2D eigenvalue weighted by Gasteiger charge is -2.33. The standard InChI is InChI=1S/C22H22N2O4S/c1-13(2)14-4-6-15(7-5-14)28-11-19-16-10-24(21(26)17(16)12-29-19)18-8-9-20(25)23(3)22(18)27/h4-7,12,18H,1,8-11H2,2-3H3. The number of likely N-dealkylation sites (N-methyl/N-ethyl adjacent to an activating group) is 1. The number of hydrogen-bond acceptors (Lipinski definition) is 5. The molecule has 7 heteroatoms. The average Bonchev–Trinajstić information content (AvgIpc) is 3.25. The number of ether oxygens (including phenoxy) is 1. The van der Waals surface area contributed by atoms with E-state index < -0.39 is 6.04 Å². The number of amides is 3. The molecule has 0 saturated carbocycles. The molecule has 4 rings (SSSR count). The molecule has 1 saturated heterocycles. The summed E-state index contributed by atoms with van der Waals surface area (Å²) in [7, 11) is 1.48. The fraction of sp³-hybridized carbons (Fsp3) is 0.318. The van der Waals surface area contributed by atoms with E-state index in [2.05, 4.69) is 6.58 Å². The molecule has 1 atom stereocenters. The van der Waals surface area contributed by atoms with Crippen LogP contribution in [0.1, 0.15) is 46.1 Å². The normalized spacial score (nSPS) is 19.0. The third kappa shape index (κ3) is 3.46. The smallest absolute Gasteiger partial charge is 0.256 e. The minimum Gasteiger partial charge on any atom is -0.488 e. The third-order valence-electron chi connectivity index (χ3n) is 5.52. The Labute approximate surface area is 173 Å². The number of carbonyl (C=O) groups excluding carboxylic acids is 3. The molecule has 6 nitrogen and oxygen atoms in total. The van der Waals surface area contributed by atoms with Gasteiger partial charge in [0.2, 0.25) is 5.91 Å². The van der Waals surface area contributed by atoms with Gasteiger partial charge in [-0.2, -0.15) is 0 Å². The zero-order valence-corrected chi connectivity index (χ0v) is 17.3. The van der Waals surface area contributed by atoms with Crippen molar-refractivity contribution in [3.05, 3.63) is 57.8 Å². The number of nitrogens with zero attached hydrogens (tertiary/aromatic N) is 2. The third-order valence-corrected chi connectivity index (χ3v) is 6.52. The van der Waals surface area contributed by atoms with Crippen LogP contribution in [0.4, 0.5) is 0 Å². The largest absolute Gasteiger partial charge is 0.488 e. The molecule has 2 aromatic rings. The van der Waals surface area contributed by atoms with E-state index >= 15 is 0 Å². The van der Waals surface area contributed by atoms with Gasteiger partial charge in [0.05, 0.1) is 5.56 Å². The maximum absolute atomic E-state index is 12.8. The van der Waals surface area contributed by atoms with Crippen molar-refractivity contribution in [3.63, 3.8) is 0 Å². The van der Waals surface area contributed by atoms with Crippen molar-refractivity contribution >= 4 is 34.6 Å². The van der Waals surface area contributed by atoms with Crippen molar-refractivity contribution in [2.24, 2.45) is 0 Å². The molecular weight excluding hydrogens is 388 g/mol. The van der Waals surface area contributed by atoms with Crippen LogP contribution >= 0.6 is 11.3 Å². The number of thiophene rings is 1. The van der Waals surface area contributed by atoms with Gasteiger partial charge >= 0.3 is 0 Å². The van der Waals surface area contributed by atoms with Gasteiger partial charge in [-0.1, -0.05) is 24.3 Å². The van der Waals surface area contributed by atoms with E-state index in [1.807, 2.05) is 36.6 Å². The van der Waals surface area contributed by atoms with E-state index in [1.54, 1.807) is 4.90 Å². The summed E-state index contributed by atoms with van der Waals surface area (Å²) in [6.07, 6.45) is 0.655. The molecule has 0 aliphatic carbocycles. The number of rotatable bonds is 5. The highest BCUT2D eigenvalue weighted by molar-refractivity contribution is 7.10. The van der Waals surface area contributed by atoms with Crippen molar-refractivity contribution in [2.75, 3.05) is 7.05 Å². The van der Waals surface area contributed by atoms with Crippen LogP contribution in [0.3, 0.4) is 0 Å².